The molecule has 0 radical (unpaired) electrons. The number of rotatable bonds is 5. The van der Waals surface area contributed by atoms with Crippen LogP contribution in [0.3, 0.4) is 0 Å². The summed E-state index contributed by atoms with van der Waals surface area (Å²) >= 11 is 5.86. The normalized spacial score (nSPS) is 9.86. The summed E-state index contributed by atoms with van der Waals surface area (Å²) in [6, 6.07) is 9.74. The number of carbonyl (C=O) groups excluding carboxylic acids is 2. The van der Waals surface area contributed by atoms with Crippen molar-refractivity contribution >= 4 is 29.1 Å². The van der Waals surface area contributed by atoms with Crippen LogP contribution < -0.4 is 10.6 Å². The number of hydrogen-bond acceptors (Lipinski definition) is 3. The number of halogens is 1. The molecular formula is C16H14ClN3O2. The molecule has 2 aromatic rings. The van der Waals surface area contributed by atoms with Gasteiger partial charge in [0.05, 0.1) is 0 Å². The molecule has 0 spiro atoms. The monoisotopic (exact) mass is 315 g/mol. The highest BCUT2D eigenvalue weighted by molar-refractivity contribution is 6.30. The van der Waals surface area contributed by atoms with Crippen LogP contribution in [0.25, 0.3) is 0 Å². The van der Waals surface area contributed by atoms with Crippen LogP contribution in [0.1, 0.15) is 20.8 Å². The van der Waals surface area contributed by atoms with Crippen molar-refractivity contribution in [1.29, 1.82) is 0 Å². The van der Waals surface area contributed by atoms with E-state index in [1.54, 1.807) is 30.3 Å². The van der Waals surface area contributed by atoms with Crippen LogP contribution in [-0.2, 0) is 0 Å². The largest absolute Gasteiger partial charge is 0.349 e. The first kappa shape index (κ1) is 15.7. The Labute approximate surface area is 133 Å². The molecule has 112 valence electrons. The highest BCUT2D eigenvalue weighted by atomic mass is 35.5. The quantitative estimate of drug-likeness (QED) is 0.833. The number of aromatic nitrogens is 1. The van der Waals surface area contributed by atoms with Gasteiger partial charge in [-0.05, 0) is 30.3 Å². The molecule has 1 heterocycles. The topological polar surface area (TPSA) is 71.1 Å². The Kier molecular flexibility index (Phi) is 5.27. The molecule has 2 rings (SSSR count). The van der Waals surface area contributed by atoms with E-state index in [9.17, 15) is 9.59 Å². The summed E-state index contributed by atoms with van der Waals surface area (Å²) in [7, 11) is 0. The second-order valence-corrected chi connectivity index (χ2v) is 4.83. The van der Waals surface area contributed by atoms with Gasteiger partial charge in [0.1, 0.15) is 5.69 Å². The minimum Gasteiger partial charge on any atom is -0.349 e. The van der Waals surface area contributed by atoms with Crippen LogP contribution in [-0.4, -0.2) is 23.3 Å². The van der Waals surface area contributed by atoms with E-state index < -0.39 is 5.91 Å². The molecule has 0 unspecified atom stereocenters. The predicted octanol–water partition coefficient (Wildman–Crippen LogP) is 2.90. The highest BCUT2D eigenvalue weighted by Crippen LogP contribution is 2.15. The van der Waals surface area contributed by atoms with Crippen molar-refractivity contribution in [2.45, 2.75) is 0 Å². The summed E-state index contributed by atoms with van der Waals surface area (Å²) in [5.74, 6) is -0.709. The van der Waals surface area contributed by atoms with Gasteiger partial charge in [0.25, 0.3) is 11.8 Å². The predicted molar refractivity (Wildman–Crippen MR) is 86.2 cm³/mol. The molecule has 0 aliphatic carbocycles. The van der Waals surface area contributed by atoms with E-state index in [0.29, 0.717) is 22.8 Å². The van der Waals surface area contributed by atoms with E-state index in [-0.39, 0.29) is 11.6 Å². The van der Waals surface area contributed by atoms with Gasteiger partial charge in [0, 0.05) is 29.0 Å². The number of carbonyl (C=O) groups is 2. The van der Waals surface area contributed by atoms with Gasteiger partial charge in [-0.15, -0.1) is 6.58 Å². The molecule has 1 aromatic carbocycles. The Morgan fingerprint density at radius 3 is 2.77 bits per heavy atom. The van der Waals surface area contributed by atoms with E-state index in [4.69, 9.17) is 11.6 Å². The number of hydrogen-bond donors (Lipinski definition) is 2. The van der Waals surface area contributed by atoms with Crippen molar-refractivity contribution < 1.29 is 9.59 Å². The molecule has 0 saturated carbocycles. The van der Waals surface area contributed by atoms with Crippen molar-refractivity contribution in [1.82, 2.24) is 10.3 Å². The van der Waals surface area contributed by atoms with E-state index in [1.807, 2.05) is 0 Å². The molecule has 6 heteroatoms. The molecule has 0 atom stereocenters. The average molecular weight is 316 g/mol. The van der Waals surface area contributed by atoms with Gasteiger partial charge in [-0.1, -0.05) is 23.7 Å². The molecule has 0 aliphatic rings. The zero-order chi connectivity index (χ0) is 15.9. The van der Waals surface area contributed by atoms with Crippen LogP contribution in [0.15, 0.2) is 55.3 Å². The van der Waals surface area contributed by atoms with E-state index >= 15 is 0 Å². The minimum atomic E-state index is -0.416. The molecule has 1 aromatic heterocycles. The third-order valence-electron chi connectivity index (χ3n) is 2.74. The smallest absolute Gasteiger partial charge is 0.274 e. The van der Waals surface area contributed by atoms with Crippen molar-refractivity contribution in [3.05, 3.63) is 71.5 Å². The lowest BCUT2D eigenvalue weighted by molar-refractivity contribution is 0.0958. The van der Waals surface area contributed by atoms with E-state index in [1.165, 1.54) is 18.3 Å². The highest BCUT2D eigenvalue weighted by Gasteiger charge is 2.11. The summed E-state index contributed by atoms with van der Waals surface area (Å²) in [4.78, 5) is 28.0. The lowest BCUT2D eigenvalue weighted by Crippen LogP contribution is -2.24. The third-order valence-corrected chi connectivity index (χ3v) is 2.98. The fourth-order valence-corrected chi connectivity index (χ4v) is 1.91. The Hall–Kier alpha value is -2.66. The zero-order valence-electron chi connectivity index (χ0n) is 11.7. The number of amides is 2. The molecule has 0 fully saturated rings. The molecule has 0 saturated heterocycles. The number of pyridine rings is 1. The van der Waals surface area contributed by atoms with E-state index in [2.05, 4.69) is 22.2 Å². The molecule has 5 nitrogen and oxygen atoms in total. The third kappa shape index (κ3) is 4.17. The van der Waals surface area contributed by atoms with E-state index in [0.717, 1.165) is 0 Å². The second-order valence-electron chi connectivity index (χ2n) is 4.39. The van der Waals surface area contributed by atoms with Gasteiger partial charge in [-0.25, -0.2) is 0 Å². The first-order valence-corrected chi connectivity index (χ1v) is 6.90. The zero-order valence-corrected chi connectivity index (χ0v) is 12.4. The van der Waals surface area contributed by atoms with Crippen LogP contribution in [0, 0.1) is 0 Å². The fourth-order valence-electron chi connectivity index (χ4n) is 1.72. The van der Waals surface area contributed by atoms with Gasteiger partial charge in [0.15, 0.2) is 0 Å². The van der Waals surface area contributed by atoms with Gasteiger partial charge in [0.2, 0.25) is 0 Å². The van der Waals surface area contributed by atoms with Crippen LogP contribution in [0.4, 0.5) is 5.69 Å². The number of nitrogens with zero attached hydrogens (tertiary/aromatic N) is 1. The molecule has 0 aliphatic heterocycles. The number of benzene rings is 1. The van der Waals surface area contributed by atoms with Crippen LogP contribution in [0.5, 0.6) is 0 Å². The maximum atomic E-state index is 12.1. The van der Waals surface area contributed by atoms with Gasteiger partial charge >= 0.3 is 0 Å². The average Bonchev–Trinajstić information content (AvgIpc) is 2.52. The molecule has 22 heavy (non-hydrogen) atoms. The van der Waals surface area contributed by atoms with Crippen molar-refractivity contribution in [3.8, 4) is 0 Å². The Morgan fingerprint density at radius 1 is 1.23 bits per heavy atom. The Morgan fingerprint density at radius 2 is 2.05 bits per heavy atom. The first-order chi connectivity index (χ1) is 10.6. The van der Waals surface area contributed by atoms with Gasteiger partial charge < -0.3 is 10.6 Å². The summed E-state index contributed by atoms with van der Waals surface area (Å²) in [6.45, 7) is 3.88. The standard InChI is InChI=1S/C16H14ClN3O2/c1-2-7-19-15(21)11-6-8-18-14(9-11)16(22)20-13-5-3-4-12(17)10-13/h2-6,8-10H,1,7H2,(H,19,21)(H,20,22). The van der Waals surface area contributed by atoms with Gasteiger partial charge in [-0.2, -0.15) is 0 Å². The summed E-state index contributed by atoms with van der Waals surface area (Å²) in [5.41, 5.74) is 1.06. The molecule has 2 amide bonds. The minimum absolute atomic E-state index is 0.145. The first-order valence-electron chi connectivity index (χ1n) is 6.52. The van der Waals surface area contributed by atoms with Gasteiger partial charge in [-0.3, -0.25) is 14.6 Å². The van der Waals surface area contributed by atoms with Crippen LogP contribution in [0.2, 0.25) is 5.02 Å². The molecule has 2 N–H and O–H groups in total. The van der Waals surface area contributed by atoms with Crippen LogP contribution >= 0.6 is 11.6 Å². The molecule has 0 bridgehead atoms. The lowest BCUT2D eigenvalue weighted by Gasteiger charge is -2.07. The van der Waals surface area contributed by atoms with Crippen molar-refractivity contribution in [3.63, 3.8) is 0 Å². The summed E-state index contributed by atoms with van der Waals surface area (Å²) in [5, 5.41) is 5.83. The number of nitrogens with one attached hydrogen (secondary N) is 2. The van der Waals surface area contributed by atoms with Crippen molar-refractivity contribution in [2.24, 2.45) is 0 Å². The number of anilines is 1. The maximum absolute atomic E-state index is 12.1. The Balaban J connectivity index is 2.13. The summed E-state index contributed by atoms with van der Waals surface area (Å²) < 4.78 is 0. The summed E-state index contributed by atoms with van der Waals surface area (Å²) in [6.07, 6.45) is 2.99. The maximum Gasteiger partial charge on any atom is 0.274 e. The van der Waals surface area contributed by atoms with Crippen molar-refractivity contribution in [2.75, 3.05) is 11.9 Å². The molecular weight excluding hydrogens is 302 g/mol. The lowest BCUT2D eigenvalue weighted by atomic mass is 10.2. The fraction of sp³-hybridized carbons (Fsp3) is 0.0625. The SMILES string of the molecule is C=CCNC(=O)c1ccnc(C(=O)Nc2cccc(Cl)c2)c1. The Bertz CT molecular complexity index is 716. The second kappa shape index (κ2) is 7.38.